The Morgan fingerprint density at radius 1 is 1.32 bits per heavy atom. The van der Waals surface area contributed by atoms with Crippen molar-refractivity contribution in [3.05, 3.63) is 42.0 Å². The number of carbonyl (C=O) groups is 2. The van der Waals surface area contributed by atoms with Gasteiger partial charge in [-0.1, -0.05) is 30.3 Å². The Morgan fingerprint density at radius 3 is 2.68 bits per heavy atom. The van der Waals surface area contributed by atoms with Crippen molar-refractivity contribution in [2.24, 2.45) is 0 Å². The zero-order chi connectivity index (χ0) is 13.9. The predicted molar refractivity (Wildman–Crippen MR) is 74.3 cm³/mol. The second kappa shape index (κ2) is 5.26. The molecule has 1 aliphatic heterocycles. The van der Waals surface area contributed by atoms with Crippen LogP contribution in [0.4, 0.5) is 0 Å². The van der Waals surface area contributed by atoms with E-state index in [2.05, 4.69) is 5.32 Å². The topological polar surface area (TPSA) is 49.4 Å². The molecular weight excluding hydrogens is 240 g/mol. The molecule has 1 N–H and O–H groups in total. The number of carbonyl (C=O) groups excluding carboxylic acids is 2. The number of nitrogens with zero attached hydrogens (tertiary/aromatic N) is 1. The van der Waals surface area contributed by atoms with Crippen molar-refractivity contribution in [1.29, 1.82) is 0 Å². The molecule has 1 fully saturated rings. The summed E-state index contributed by atoms with van der Waals surface area (Å²) in [5.74, 6) is -0.246. The third-order valence-corrected chi connectivity index (χ3v) is 3.34. The number of piperazine rings is 1. The summed E-state index contributed by atoms with van der Waals surface area (Å²) in [5, 5.41) is 2.77. The lowest BCUT2D eigenvalue weighted by molar-refractivity contribution is -0.146. The van der Waals surface area contributed by atoms with Gasteiger partial charge in [0.25, 0.3) is 0 Å². The zero-order valence-electron chi connectivity index (χ0n) is 11.2. The zero-order valence-corrected chi connectivity index (χ0v) is 11.2. The molecule has 0 saturated carbocycles. The first-order valence-electron chi connectivity index (χ1n) is 6.35. The van der Waals surface area contributed by atoms with Crippen molar-refractivity contribution in [3.8, 4) is 0 Å². The van der Waals surface area contributed by atoms with Crippen molar-refractivity contribution in [2.75, 3.05) is 13.1 Å². The molecule has 0 atom stereocenters. The lowest BCUT2D eigenvalue weighted by atomic mass is 9.98. The molecule has 1 aliphatic rings. The summed E-state index contributed by atoms with van der Waals surface area (Å²) in [7, 11) is 0. The summed E-state index contributed by atoms with van der Waals surface area (Å²) in [6.45, 7) is 4.56. The highest BCUT2D eigenvalue weighted by molar-refractivity contribution is 5.97. The third-order valence-electron chi connectivity index (χ3n) is 3.34. The predicted octanol–water partition coefficient (Wildman–Crippen LogP) is 1.44. The molecule has 4 nitrogen and oxygen atoms in total. The quantitative estimate of drug-likeness (QED) is 0.816. The minimum absolute atomic E-state index is 0.111. The van der Waals surface area contributed by atoms with Crippen molar-refractivity contribution in [3.63, 3.8) is 0 Å². The highest BCUT2D eigenvalue weighted by atomic mass is 16.2. The van der Waals surface area contributed by atoms with Crippen molar-refractivity contribution >= 4 is 17.9 Å². The first-order chi connectivity index (χ1) is 9.01. The Bertz CT molecular complexity index is 506. The van der Waals surface area contributed by atoms with Gasteiger partial charge in [-0.25, -0.2) is 0 Å². The Morgan fingerprint density at radius 2 is 2.00 bits per heavy atom. The highest BCUT2D eigenvalue weighted by Gasteiger charge is 2.39. The van der Waals surface area contributed by atoms with Gasteiger partial charge in [0.2, 0.25) is 11.8 Å². The summed E-state index contributed by atoms with van der Waals surface area (Å²) in [4.78, 5) is 25.6. The van der Waals surface area contributed by atoms with E-state index in [1.165, 1.54) is 6.08 Å². The summed E-state index contributed by atoms with van der Waals surface area (Å²) in [6.07, 6.45) is 3.29. The van der Waals surface area contributed by atoms with Gasteiger partial charge in [0.05, 0.1) is 0 Å². The number of amides is 2. The number of benzene rings is 1. The highest BCUT2D eigenvalue weighted by Crippen LogP contribution is 2.18. The average Bonchev–Trinajstić information content (AvgIpc) is 2.40. The van der Waals surface area contributed by atoms with E-state index in [-0.39, 0.29) is 11.8 Å². The molecule has 0 bridgehead atoms. The molecule has 0 unspecified atom stereocenters. The molecule has 0 radical (unpaired) electrons. The second-order valence-electron chi connectivity index (χ2n) is 5.05. The molecule has 1 saturated heterocycles. The number of rotatable bonds is 2. The molecule has 2 amide bonds. The van der Waals surface area contributed by atoms with E-state index in [9.17, 15) is 9.59 Å². The van der Waals surface area contributed by atoms with E-state index in [4.69, 9.17) is 0 Å². The molecule has 2 rings (SSSR count). The third kappa shape index (κ3) is 2.84. The minimum Gasteiger partial charge on any atom is -0.352 e. The van der Waals surface area contributed by atoms with E-state index < -0.39 is 5.54 Å². The molecule has 1 aromatic rings. The summed E-state index contributed by atoms with van der Waals surface area (Å²) in [6, 6.07) is 9.62. The van der Waals surface area contributed by atoms with E-state index in [0.29, 0.717) is 13.1 Å². The number of hydrogen-bond donors (Lipinski definition) is 1. The SMILES string of the molecule is CC1(C)C(=O)NCCN1C(=O)C=Cc1ccccc1. The molecule has 1 heterocycles. The maximum atomic E-state index is 12.2. The van der Waals surface area contributed by atoms with Crippen LogP contribution in [0.3, 0.4) is 0 Å². The molecule has 0 aliphatic carbocycles. The molecule has 4 heteroatoms. The van der Waals surface area contributed by atoms with Crippen LogP contribution in [0.5, 0.6) is 0 Å². The normalized spacial score (nSPS) is 18.4. The number of nitrogens with one attached hydrogen (secondary N) is 1. The van der Waals surface area contributed by atoms with Crippen LogP contribution in [0.15, 0.2) is 36.4 Å². The van der Waals surface area contributed by atoms with Gasteiger partial charge in [0, 0.05) is 19.2 Å². The standard InChI is InChI=1S/C15H18N2O2/c1-15(2)14(19)16-10-11-17(15)13(18)9-8-12-6-4-3-5-7-12/h3-9H,10-11H2,1-2H3,(H,16,19). The average molecular weight is 258 g/mol. The molecule has 0 spiro atoms. The Hall–Kier alpha value is -2.10. The van der Waals surface area contributed by atoms with Crippen LogP contribution in [-0.4, -0.2) is 35.3 Å². The van der Waals surface area contributed by atoms with Gasteiger partial charge in [0.15, 0.2) is 0 Å². The molecule has 1 aromatic carbocycles. The fourth-order valence-electron chi connectivity index (χ4n) is 2.11. The van der Waals surface area contributed by atoms with Crippen LogP contribution in [-0.2, 0) is 9.59 Å². The molecule has 0 aromatic heterocycles. The van der Waals surface area contributed by atoms with Gasteiger partial charge in [0.1, 0.15) is 5.54 Å². The Balaban J connectivity index is 2.11. The largest absolute Gasteiger partial charge is 0.352 e. The van der Waals surface area contributed by atoms with Gasteiger partial charge in [-0.2, -0.15) is 0 Å². The Labute approximate surface area is 113 Å². The van der Waals surface area contributed by atoms with E-state index in [0.717, 1.165) is 5.56 Å². The lowest BCUT2D eigenvalue weighted by Crippen LogP contribution is -2.63. The lowest BCUT2D eigenvalue weighted by Gasteiger charge is -2.40. The van der Waals surface area contributed by atoms with Crippen molar-refractivity contribution < 1.29 is 9.59 Å². The first-order valence-corrected chi connectivity index (χ1v) is 6.35. The van der Waals surface area contributed by atoms with Crippen LogP contribution >= 0.6 is 0 Å². The minimum atomic E-state index is -0.795. The second-order valence-corrected chi connectivity index (χ2v) is 5.05. The fraction of sp³-hybridized carbons (Fsp3) is 0.333. The summed E-state index contributed by atoms with van der Waals surface area (Å²) in [5.41, 5.74) is 0.172. The van der Waals surface area contributed by atoms with Gasteiger partial charge in [-0.15, -0.1) is 0 Å². The van der Waals surface area contributed by atoms with Crippen LogP contribution < -0.4 is 5.32 Å². The first kappa shape index (κ1) is 13.3. The monoisotopic (exact) mass is 258 g/mol. The van der Waals surface area contributed by atoms with E-state index >= 15 is 0 Å². The van der Waals surface area contributed by atoms with Crippen molar-refractivity contribution in [2.45, 2.75) is 19.4 Å². The maximum absolute atomic E-state index is 12.2. The van der Waals surface area contributed by atoms with Gasteiger partial charge in [-0.3, -0.25) is 9.59 Å². The van der Waals surface area contributed by atoms with Crippen molar-refractivity contribution in [1.82, 2.24) is 10.2 Å². The van der Waals surface area contributed by atoms with Gasteiger partial charge < -0.3 is 10.2 Å². The smallest absolute Gasteiger partial charge is 0.247 e. The van der Waals surface area contributed by atoms with Crippen LogP contribution in [0.25, 0.3) is 6.08 Å². The fourth-order valence-corrected chi connectivity index (χ4v) is 2.11. The van der Waals surface area contributed by atoms with Gasteiger partial charge in [-0.05, 0) is 25.5 Å². The molecular formula is C15H18N2O2. The Kier molecular flexibility index (Phi) is 3.69. The number of hydrogen-bond acceptors (Lipinski definition) is 2. The summed E-state index contributed by atoms with van der Waals surface area (Å²) >= 11 is 0. The van der Waals surface area contributed by atoms with E-state index in [1.807, 2.05) is 30.3 Å². The molecule has 19 heavy (non-hydrogen) atoms. The van der Waals surface area contributed by atoms with Crippen LogP contribution in [0.1, 0.15) is 19.4 Å². The van der Waals surface area contributed by atoms with Crippen LogP contribution in [0, 0.1) is 0 Å². The van der Waals surface area contributed by atoms with Gasteiger partial charge >= 0.3 is 0 Å². The maximum Gasteiger partial charge on any atom is 0.247 e. The summed E-state index contributed by atoms with van der Waals surface area (Å²) < 4.78 is 0. The molecule has 100 valence electrons. The van der Waals surface area contributed by atoms with Crippen LogP contribution in [0.2, 0.25) is 0 Å². The van der Waals surface area contributed by atoms with E-state index in [1.54, 1.807) is 24.8 Å².